The first-order valence-electron chi connectivity index (χ1n) is 7.15. The molecule has 0 fully saturated rings. The summed E-state index contributed by atoms with van der Waals surface area (Å²) in [5, 5.41) is 35.9. The van der Waals surface area contributed by atoms with E-state index in [1.165, 1.54) is 12.2 Å². The van der Waals surface area contributed by atoms with Gasteiger partial charge in [-0.3, -0.25) is 0 Å². The Bertz CT molecular complexity index is 404. The fourth-order valence-corrected chi connectivity index (χ4v) is 1.48. The van der Waals surface area contributed by atoms with Crippen LogP contribution in [-0.2, 0) is 19.1 Å². The maximum atomic E-state index is 10.2. The molecule has 0 aromatic heterocycles. The van der Waals surface area contributed by atoms with Crippen molar-refractivity contribution in [3.05, 3.63) is 24.3 Å². The van der Waals surface area contributed by atoms with Gasteiger partial charge in [-0.15, -0.1) is 0 Å². The van der Waals surface area contributed by atoms with Crippen LogP contribution in [0.3, 0.4) is 0 Å². The number of aliphatic hydroxyl groups is 2. The van der Waals surface area contributed by atoms with Gasteiger partial charge in [-0.2, -0.15) is 0 Å². The summed E-state index contributed by atoms with van der Waals surface area (Å²) in [6, 6.07) is 0. The van der Waals surface area contributed by atoms with Gasteiger partial charge in [-0.1, -0.05) is 12.2 Å². The molecule has 4 N–H and O–H groups in total. The van der Waals surface area contributed by atoms with E-state index >= 15 is 0 Å². The Labute approximate surface area is 134 Å². The molecule has 0 rings (SSSR count). The first-order valence-corrected chi connectivity index (χ1v) is 7.15. The van der Waals surface area contributed by atoms with Gasteiger partial charge in [0.15, 0.2) is 0 Å². The summed E-state index contributed by atoms with van der Waals surface area (Å²) < 4.78 is 10.6. The first-order chi connectivity index (χ1) is 10.8. The molecule has 23 heavy (non-hydrogen) atoms. The molecule has 132 valence electrons. The lowest BCUT2D eigenvalue weighted by Gasteiger charge is -2.17. The fourth-order valence-electron chi connectivity index (χ4n) is 1.48. The Morgan fingerprint density at radius 1 is 0.913 bits per heavy atom. The van der Waals surface area contributed by atoms with Crippen LogP contribution in [0.15, 0.2) is 24.3 Å². The Hall–Kier alpha value is -1.74. The quantitative estimate of drug-likeness (QED) is 0.351. The summed E-state index contributed by atoms with van der Waals surface area (Å²) in [5.74, 6) is -2.14. The highest BCUT2D eigenvalue weighted by Crippen LogP contribution is 2.01. The third-order valence-electron chi connectivity index (χ3n) is 2.57. The topological polar surface area (TPSA) is 134 Å². The Balaban J connectivity index is 3.72. The molecule has 0 aliphatic heterocycles. The molecular formula is C15H24O8. The fraction of sp³-hybridized carbons (Fsp3) is 0.600. The molecule has 0 spiro atoms. The van der Waals surface area contributed by atoms with E-state index in [1.54, 1.807) is 6.92 Å². The maximum Gasteiger partial charge on any atom is 0.327 e. The third kappa shape index (κ3) is 14.9. The van der Waals surface area contributed by atoms with Crippen molar-refractivity contribution in [1.82, 2.24) is 0 Å². The van der Waals surface area contributed by atoms with Gasteiger partial charge in [0.25, 0.3) is 0 Å². The number of ether oxygens (including phenoxy) is 2. The van der Waals surface area contributed by atoms with Crippen molar-refractivity contribution < 1.29 is 39.5 Å². The standard InChI is InChI=1S/C15H24O8/c1-11(23-10-13(17)5-3-7-15(20)21)8-22-9-12(16)4-2-6-14(18)19/h2-3,6-7,11-13,16-17H,4-5,8-10H2,1H3,(H,18,19)(H,20,21)/b6-2+,7-3+. The molecule has 3 unspecified atom stereocenters. The van der Waals surface area contributed by atoms with Crippen molar-refractivity contribution in [3.63, 3.8) is 0 Å². The zero-order chi connectivity index (χ0) is 17.7. The second-order valence-electron chi connectivity index (χ2n) is 4.94. The van der Waals surface area contributed by atoms with Gasteiger partial charge in [0.1, 0.15) is 0 Å². The normalized spacial score (nSPS) is 15.8. The van der Waals surface area contributed by atoms with E-state index in [-0.39, 0.29) is 38.8 Å². The van der Waals surface area contributed by atoms with Gasteiger partial charge in [-0.05, 0) is 19.8 Å². The average molecular weight is 332 g/mol. The van der Waals surface area contributed by atoms with E-state index in [0.29, 0.717) is 0 Å². The SMILES string of the molecule is CC(COCC(O)C/C=C/C(=O)O)OCC(O)C/C=C/C(=O)O. The van der Waals surface area contributed by atoms with Gasteiger partial charge in [-0.25, -0.2) is 9.59 Å². The highest BCUT2D eigenvalue weighted by atomic mass is 16.5. The van der Waals surface area contributed by atoms with E-state index in [1.807, 2.05) is 0 Å². The summed E-state index contributed by atoms with van der Waals surface area (Å²) in [5.41, 5.74) is 0. The molecule has 0 heterocycles. The zero-order valence-corrected chi connectivity index (χ0v) is 13.0. The first kappa shape index (κ1) is 21.3. The van der Waals surface area contributed by atoms with Crippen LogP contribution in [0.25, 0.3) is 0 Å². The molecule has 0 bridgehead atoms. The van der Waals surface area contributed by atoms with E-state index in [4.69, 9.17) is 19.7 Å². The average Bonchev–Trinajstić information content (AvgIpc) is 2.44. The Morgan fingerprint density at radius 2 is 1.39 bits per heavy atom. The molecule has 0 aromatic carbocycles. The van der Waals surface area contributed by atoms with E-state index in [0.717, 1.165) is 12.2 Å². The summed E-state index contributed by atoms with van der Waals surface area (Å²) >= 11 is 0. The van der Waals surface area contributed by atoms with Crippen molar-refractivity contribution in [2.45, 2.75) is 38.1 Å². The predicted octanol–water partition coefficient (Wildman–Crippen LogP) is 0.192. The van der Waals surface area contributed by atoms with Gasteiger partial charge >= 0.3 is 11.9 Å². The van der Waals surface area contributed by atoms with Gasteiger partial charge < -0.3 is 29.9 Å². The maximum absolute atomic E-state index is 10.2. The minimum Gasteiger partial charge on any atom is -0.478 e. The molecule has 8 heteroatoms. The molecule has 0 aromatic rings. The number of carboxylic acids is 2. The van der Waals surface area contributed by atoms with E-state index < -0.39 is 24.1 Å². The molecule has 0 saturated carbocycles. The van der Waals surface area contributed by atoms with Crippen LogP contribution in [0.2, 0.25) is 0 Å². The van der Waals surface area contributed by atoms with Crippen LogP contribution < -0.4 is 0 Å². The van der Waals surface area contributed by atoms with Crippen molar-refractivity contribution >= 4 is 11.9 Å². The lowest BCUT2D eigenvalue weighted by molar-refractivity contribution is -0.132. The van der Waals surface area contributed by atoms with Gasteiger partial charge in [0.05, 0.1) is 38.1 Å². The van der Waals surface area contributed by atoms with Crippen LogP contribution in [-0.4, -0.2) is 70.5 Å². The third-order valence-corrected chi connectivity index (χ3v) is 2.57. The molecule has 0 radical (unpaired) electrons. The summed E-state index contributed by atoms with van der Waals surface area (Å²) in [6.07, 6.45) is 3.03. The number of aliphatic carboxylic acids is 2. The number of hydrogen-bond acceptors (Lipinski definition) is 6. The molecule has 0 aliphatic rings. The zero-order valence-electron chi connectivity index (χ0n) is 13.0. The summed E-state index contributed by atoms with van der Waals surface area (Å²) in [6.45, 7) is 2.02. The number of aliphatic hydroxyl groups excluding tert-OH is 2. The van der Waals surface area contributed by atoms with Crippen LogP contribution >= 0.6 is 0 Å². The van der Waals surface area contributed by atoms with Crippen LogP contribution in [0, 0.1) is 0 Å². The predicted molar refractivity (Wildman–Crippen MR) is 81.0 cm³/mol. The molecule has 0 amide bonds. The second kappa shape index (κ2) is 12.8. The molecule has 8 nitrogen and oxygen atoms in total. The van der Waals surface area contributed by atoms with Crippen LogP contribution in [0.5, 0.6) is 0 Å². The number of hydrogen-bond donors (Lipinski definition) is 4. The number of rotatable bonds is 13. The summed E-state index contributed by atoms with van der Waals surface area (Å²) in [7, 11) is 0. The molecule has 0 aliphatic carbocycles. The molecule has 3 atom stereocenters. The smallest absolute Gasteiger partial charge is 0.327 e. The number of carboxylic acid groups (broad SMARTS) is 2. The second-order valence-corrected chi connectivity index (χ2v) is 4.94. The summed E-state index contributed by atoms with van der Waals surface area (Å²) in [4.78, 5) is 20.5. The van der Waals surface area contributed by atoms with Gasteiger partial charge in [0.2, 0.25) is 0 Å². The number of carbonyl (C=O) groups is 2. The van der Waals surface area contributed by atoms with Crippen molar-refractivity contribution in [2.24, 2.45) is 0 Å². The Morgan fingerprint density at radius 3 is 1.87 bits per heavy atom. The van der Waals surface area contributed by atoms with E-state index in [2.05, 4.69) is 0 Å². The molecular weight excluding hydrogens is 308 g/mol. The largest absolute Gasteiger partial charge is 0.478 e. The van der Waals surface area contributed by atoms with Crippen LogP contribution in [0.4, 0.5) is 0 Å². The van der Waals surface area contributed by atoms with Crippen molar-refractivity contribution in [3.8, 4) is 0 Å². The molecule has 0 saturated heterocycles. The van der Waals surface area contributed by atoms with Crippen LogP contribution in [0.1, 0.15) is 19.8 Å². The monoisotopic (exact) mass is 332 g/mol. The minimum atomic E-state index is -1.07. The Kier molecular flexibility index (Phi) is 11.8. The highest BCUT2D eigenvalue weighted by molar-refractivity contribution is 5.79. The van der Waals surface area contributed by atoms with Crippen molar-refractivity contribution in [1.29, 1.82) is 0 Å². The lowest BCUT2D eigenvalue weighted by atomic mass is 10.2. The van der Waals surface area contributed by atoms with Crippen molar-refractivity contribution in [2.75, 3.05) is 19.8 Å². The lowest BCUT2D eigenvalue weighted by Crippen LogP contribution is -2.25. The highest BCUT2D eigenvalue weighted by Gasteiger charge is 2.09. The minimum absolute atomic E-state index is 0.0401. The van der Waals surface area contributed by atoms with E-state index in [9.17, 15) is 19.8 Å². The van der Waals surface area contributed by atoms with Gasteiger partial charge in [0, 0.05) is 12.2 Å².